The van der Waals surface area contributed by atoms with Crippen LogP contribution in [-0.4, -0.2) is 60.3 Å². The van der Waals surface area contributed by atoms with Gasteiger partial charge in [0.05, 0.1) is 34.3 Å². The SMILES string of the molecule is C=C(C)C(=O)OCCOC(=O)C(C)CC1(CC(C)C(=O)OCCOC(=O)C(=C)C)c2ccccc2-c2nc3ccccc3nc21. The van der Waals surface area contributed by atoms with Gasteiger partial charge in [-0.3, -0.25) is 9.59 Å². The first kappa shape index (κ1) is 33.0. The lowest BCUT2D eigenvalue weighted by molar-refractivity contribution is -0.154. The molecule has 10 heteroatoms. The van der Waals surface area contributed by atoms with Gasteiger partial charge in [0.1, 0.15) is 26.4 Å². The van der Waals surface area contributed by atoms with Gasteiger partial charge in [0, 0.05) is 22.1 Å². The highest BCUT2D eigenvalue weighted by Gasteiger charge is 2.49. The number of carbonyl (C=O) groups is 4. The summed E-state index contributed by atoms with van der Waals surface area (Å²) < 4.78 is 21.0. The summed E-state index contributed by atoms with van der Waals surface area (Å²) >= 11 is 0. The number of carbonyl (C=O) groups excluding carboxylic acids is 4. The Morgan fingerprint density at radius 3 is 1.64 bits per heavy atom. The van der Waals surface area contributed by atoms with Crippen LogP contribution in [0.25, 0.3) is 22.3 Å². The Morgan fingerprint density at radius 1 is 0.689 bits per heavy atom. The molecule has 0 radical (unpaired) electrons. The first-order chi connectivity index (χ1) is 21.4. The molecule has 236 valence electrons. The standard InChI is InChI=1S/C35H38N2O8/c1-21(2)31(38)42-15-17-44-33(40)23(5)19-35(20-24(6)34(41)45-18-16-43-32(39)22(3)4)26-12-8-7-11-25(26)29-30(35)37-28-14-10-9-13-27(28)36-29/h7-14,23-24H,1,3,15-20H2,2,4-6H3. The average molecular weight is 615 g/mol. The molecule has 1 aliphatic carbocycles. The summed E-state index contributed by atoms with van der Waals surface area (Å²) in [5, 5.41) is 0. The second-order valence-corrected chi connectivity index (χ2v) is 11.4. The van der Waals surface area contributed by atoms with E-state index < -0.39 is 41.1 Å². The maximum Gasteiger partial charge on any atom is 0.333 e. The molecule has 0 aliphatic heterocycles. The highest BCUT2D eigenvalue weighted by Crippen LogP contribution is 2.54. The molecule has 0 spiro atoms. The van der Waals surface area contributed by atoms with Gasteiger partial charge in [-0.2, -0.15) is 0 Å². The van der Waals surface area contributed by atoms with Crippen molar-refractivity contribution in [3.63, 3.8) is 0 Å². The number of ether oxygens (including phenoxy) is 4. The lowest BCUT2D eigenvalue weighted by atomic mass is 9.69. The second-order valence-electron chi connectivity index (χ2n) is 11.4. The number of hydrogen-bond acceptors (Lipinski definition) is 10. The second kappa shape index (κ2) is 14.3. The third-order valence-electron chi connectivity index (χ3n) is 7.65. The van der Waals surface area contributed by atoms with E-state index in [0.717, 1.165) is 16.6 Å². The molecule has 0 saturated carbocycles. The molecule has 1 aliphatic rings. The zero-order chi connectivity index (χ0) is 32.7. The van der Waals surface area contributed by atoms with E-state index in [9.17, 15) is 19.2 Å². The Morgan fingerprint density at radius 2 is 1.13 bits per heavy atom. The average Bonchev–Trinajstić information content (AvgIpc) is 3.27. The van der Waals surface area contributed by atoms with Gasteiger partial charge in [-0.05, 0) is 44.4 Å². The Hall–Kier alpha value is -4.86. The quantitative estimate of drug-likeness (QED) is 0.102. The van der Waals surface area contributed by atoms with Crippen molar-refractivity contribution >= 4 is 34.9 Å². The summed E-state index contributed by atoms with van der Waals surface area (Å²) in [4.78, 5) is 59.9. The van der Waals surface area contributed by atoms with E-state index in [1.807, 2.05) is 48.5 Å². The zero-order valence-electron chi connectivity index (χ0n) is 26.1. The number of esters is 4. The Bertz CT molecular complexity index is 1590. The Balaban J connectivity index is 1.62. The molecular weight excluding hydrogens is 576 g/mol. The summed E-state index contributed by atoms with van der Waals surface area (Å²) in [5.41, 5.74) is 4.20. The highest BCUT2D eigenvalue weighted by atomic mass is 16.6. The van der Waals surface area contributed by atoms with Gasteiger partial charge in [-0.15, -0.1) is 0 Å². The first-order valence-electron chi connectivity index (χ1n) is 14.8. The van der Waals surface area contributed by atoms with Crippen molar-refractivity contribution < 1.29 is 38.1 Å². The molecule has 1 heterocycles. The molecule has 0 saturated heterocycles. The Labute approximate surface area is 262 Å². The van der Waals surface area contributed by atoms with Crippen molar-refractivity contribution in [3.8, 4) is 11.3 Å². The molecule has 0 fully saturated rings. The normalized spacial score (nSPS) is 16.1. The predicted octanol–water partition coefficient (Wildman–Crippen LogP) is 5.27. The molecule has 1 aromatic heterocycles. The summed E-state index contributed by atoms with van der Waals surface area (Å²) in [7, 11) is 0. The van der Waals surface area contributed by atoms with Gasteiger partial charge in [0.25, 0.3) is 0 Å². The van der Waals surface area contributed by atoms with Crippen molar-refractivity contribution in [3.05, 3.63) is 84.1 Å². The number of fused-ring (bicyclic) bond motifs is 4. The van der Waals surface area contributed by atoms with Crippen LogP contribution in [0.2, 0.25) is 0 Å². The topological polar surface area (TPSA) is 131 Å². The molecule has 0 amide bonds. The molecular formula is C35H38N2O8. The molecule has 3 aromatic rings. The van der Waals surface area contributed by atoms with Crippen LogP contribution in [0, 0.1) is 11.8 Å². The third-order valence-corrected chi connectivity index (χ3v) is 7.65. The third kappa shape index (κ3) is 7.45. The van der Waals surface area contributed by atoms with Crippen LogP contribution < -0.4 is 0 Å². The molecule has 10 nitrogen and oxygen atoms in total. The van der Waals surface area contributed by atoms with Gasteiger partial charge in [0.15, 0.2) is 0 Å². The van der Waals surface area contributed by atoms with E-state index in [2.05, 4.69) is 13.2 Å². The van der Waals surface area contributed by atoms with Crippen LogP contribution in [0.5, 0.6) is 0 Å². The van der Waals surface area contributed by atoms with Crippen LogP contribution in [-0.2, 0) is 43.5 Å². The molecule has 2 aromatic carbocycles. The number of hydrogen-bond donors (Lipinski definition) is 0. The Kier molecular flexibility index (Phi) is 10.5. The molecule has 45 heavy (non-hydrogen) atoms. The monoisotopic (exact) mass is 614 g/mol. The molecule has 2 atom stereocenters. The minimum Gasteiger partial charge on any atom is -0.462 e. The zero-order valence-corrected chi connectivity index (χ0v) is 26.1. The van der Waals surface area contributed by atoms with Crippen LogP contribution in [0.4, 0.5) is 0 Å². The number of rotatable bonds is 14. The summed E-state index contributed by atoms with van der Waals surface area (Å²) in [6.07, 6.45) is 0.532. The number of nitrogens with zero attached hydrogens (tertiary/aromatic N) is 2. The lowest BCUT2D eigenvalue weighted by Gasteiger charge is -2.34. The lowest BCUT2D eigenvalue weighted by Crippen LogP contribution is -2.36. The van der Waals surface area contributed by atoms with Crippen LogP contribution in [0.1, 0.15) is 51.8 Å². The fraction of sp³-hybridized carbons (Fsp3) is 0.371. The van der Waals surface area contributed by atoms with Crippen molar-refractivity contribution in [2.75, 3.05) is 26.4 Å². The van der Waals surface area contributed by atoms with E-state index in [4.69, 9.17) is 28.9 Å². The van der Waals surface area contributed by atoms with Crippen molar-refractivity contribution in [1.29, 1.82) is 0 Å². The van der Waals surface area contributed by atoms with E-state index >= 15 is 0 Å². The van der Waals surface area contributed by atoms with E-state index in [0.29, 0.717) is 16.9 Å². The smallest absolute Gasteiger partial charge is 0.333 e. The van der Waals surface area contributed by atoms with E-state index in [1.54, 1.807) is 13.8 Å². The van der Waals surface area contributed by atoms with Crippen LogP contribution in [0.3, 0.4) is 0 Å². The largest absolute Gasteiger partial charge is 0.462 e. The minimum atomic E-state index is -0.890. The molecule has 0 N–H and O–H groups in total. The fourth-order valence-electron chi connectivity index (χ4n) is 5.55. The number of para-hydroxylation sites is 2. The van der Waals surface area contributed by atoms with E-state index in [1.165, 1.54) is 13.8 Å². The van der Waals surface area contributed by atoms with E-state index in [-0.39, 0.29) is 50.4 Å². The van der Waals surface area contributed by atoms with Crippen molar-refractivity contribution in [2.45, 2.75) is 46.0 Å². The summed E-state index contributed by atoms with van der Waals surface area (Å²) in [5.74, 6) is -3.32. The molecule has 4 rings (SSSR count). The maximum absolute atomic E-state index is 13.2. The van der Waals surface area contributed by atoms with Gasteiger partial charge >= 0.3 is 23.9 Å². The van der Waals surface area contributed by atoms with Crippen LogP contribution in [0.15, 0.2) is 72.8 Å². The maximum atomic E-state index is 13.2. The highest BCUT2D eigenvalue weighted by molar-refractivity contribution is 5.87. The van der Waals surface area contributed by atoms with Gasteiger partial charge in [-0.1, -0.05) is 63.4 Å². The van der Waals surface area contributed by atoms with Crippen molar-refractivity contribution in [2.24, 2.45) is 11.8 Å². The fourth-order valence-corrected chi connectivity index (χ4v) is 5.55. The minimum absolute atomic E-state index is 0.0943. The van der Waals surface area contributed by atoms with Crippen molar-refractivity contribution in [1.82, 2.24) is 9.97 Å². The number of aromatic nitrogens is 2. The van der Waals surface area contributed by atoms with Gasteiger partial charge in [0.2, 0.25) is 0 Å². The number of benzene rings is 2. The molecule has 0 bridgehead atoms. The van der Waals surface area contributed by atoms with Gasteiger partial charge < -0.3 is 18.9 Å². The first-order valence-corrected chi connectivity index (χ1v) is 14.8. The van der Waals surface area contributed by atoms with Crippen LogP contribution >= 0.6 is 0 Å². The summed E-state index contributed by atoms with van der Waals surface area (Å²) in [6.45, 7) is 13.3. The molecule has 2 unspecified atom stereocenters. The summed E-state index contributed by atoms with van der Waals surface area (Å²) in [6, 6.07) is 15.3. The predicted molar refractivity (Wildman–Crippen MR) is 167 cm³/mol. The van der Waals surface area contributed by atoms with Gasteiger partial charge in [-0.25, -0.2) is 19.6 Å².